The van der Waals surface area contributed by atoms with E-state index in [1.807, 2.05) is 36.9 Å². The molecule has 0 unspecified atom stereocenters. The van der Waals surface area contributed by atoms with Crippen LogP contribution in [0.5, 0.6) is 0 Å². The van der Waals surface area contributed by atoms with Crippen molar-refractivity contribution < 1.29 is 18.6 Å². The zero-order chi connectivity index (χ0) is 29.9. The summed E-state index contributed by atoms with van der Waals surface area (Å²) in [4.78, 5) is 4.32. The molecule has 5 rings (SSSR count). The number of nitrogens with zero attached hydrogens (tertiary/aromatic N) is 2. The molecule has 0 radical (unpaired) electrons. The first-order chi connectivity index (χ1) is 19.1. The minimum Gasteiger partial charge on any atom is -0.437 e. The Hall–Kier alpha value is -3.46. The largest absolute Gasteiger partial charge is 0.437 e. The van der Waals surface area contributed by atoms with Gasteiger partial charge in [-0.3, -0.25) is 0 Å². The average molecular weight is 457 g/mol. The number of aromatic nitrogens is 2. The summed E-state index contributed by atoms with van der Waals surface area (Å²) in [6.45, 7) is 0.145. The Balaban J connectivity index is 1.67. The van der Waals surface area contributed by atoms with E-state index < -0.39 is 19.6 Å². The molecule has 0 fully saturated rings. The van der Waals surface area contributed by atoms with E-state index in [2.05, 4.69) is 55.2 Å². The van der Waals surface area contributed by atoms with Crippen LogP contribution in [-0.2, 0) is 13.5 Å². The highest BCUT2D eigenvalue weighted by molar-refractivity contribution is 6.08. The monoisotopic (exact) mass is 456 g/mol. The van der Waals surface area contributed by atoms with Gasteiger partial charge in [-0.25, -0.2) is 9.55 Å². The van der Waals surface area contributed by atoms with E-state index in [-0.39, 0.29) is 11.4 Å². The van der Waals surface area contributed by atoms with Crippen molar-refractivity contribution in [2.75, 3.05) is 0 Å². The predicted molar refractivity (Wildman–Crippen MR) is 141 cm³/mol. The molecule has 3 heteroatoms. The second kappa shape index (κ2) is 8.72. The van der Waals surface area contributed by atoms with Gasteiger partial charge in [0.25, 0.3) is 0 Å². The number of hydrogen-bond donors (Lipinski definition) is 0. The number of hydrogen-bond acceptors (Lipinski definition) is 2. The third-order valence-electron chi connectivity index (χ3n) is 6.31. The van der Waals surface area contributed by atoms with E-state index >= 15 is 0 Å². The summed E-state index contributed by atoms with van der Waals surface area (Å²) in [5.41, 5.74) is 6.46. The molecule has 0 saturated carbocycles. The molecule has 34 heavy (non-hydrogen) atoms. The molecule has 0 spiro atoms. The SMILES string of the molecule is [2H]C([2H])([2H])C([2H])(c1ccc2c(n1)oc1c(-c3cc(-c4ccc(CC(C)C)cc4)cc[n+]3C)c(C)ccc12)C([2H])([2H])[2H]. The van der Waals surface area contributed by atoms with Crippen molar-refractivity contribution in [3.8, 4) is 22.4 Å². The molecule has 2 aromatic carbocycles. The lowest BCUT2D eigenvalue weighted by atomic mass is 9.96. The van der Waals surface area contributed by atoms with Crippen molar-refractivity contribution in [2.24, 2.45) is 13.0 Å². The van der Waals surface area contributed by atoms with Crippen molar-refractivity contribution >= 4 is 22.1 Å². The molecule has 0 atom stereocenters. The Morgan fingerprint density at radius 1 is 0.971 bits per heavy atom. The minimum absolute atomic E-state index is 0.0917. The van der Waals surface area contributed by atoms with Crippen LogP contribution in [0.15, 0.2) is 71.3 Å². The normalized spacial score (nSPS) is 16.0. The third kappa shape index (κ3) is 4.00. The summed E-state index contributed by atoms with van der Waals surface area (Å²) in [6.07, 6.45) is 3.03. The fraction of sp³-hybridized carbons (Fsp3) is 0.290. The van der Waals surface area contributed by atoms with Gasteiger partial charge in [0.2, 0.25) is 11.4 Å². The van der Waals surface area contributed by atoms with Crippen molar-refractivity contribution in [1.82, 2.24) is 4.98 Å². The number of aryl methyl sites for hydroxylation is 2. The predicted octanol–water partition coefficient (Wildman–Crippen LogP) is 7.77. The van der Waals surface area contributed by atoms with Gasteiger partial charge in [0.1, 0.15) is 7.05 Å². The van der Waals surface area contributed by atoms with Gasteiger partial charge in [0.05, 0.1) is 5.56 Å². The highest BCUT2D eigenvalue weighted by Gasteiger charge is 2.22. The van der Waals surface area contributed by atoms with Gasteiger partial charge >= 0.3 is 0 Å². The highest BCUT2D eigenvalue weighted by Crippen LogP contribution is 2.37. The molecule has 0 amide bonds. The summed E-state index contributed by atoms with van der Waals surface area (Å²) in [5, 5.41) is 1.38. The van der Waals surface area contributed by atoms with E-state index in [4.69, 9.17) is 14.0 Å². The fourth-order valence-corrected chi connectivity index (χ4v) is 4.58. The molecule has 3 nitrogen and oxygen atoms in total. The number of pyridine rings is 2. The van der Waals surface area contributed by atoms with Crippen LogP contribution >= 0.6 is 0 Å². The molecule has 0 aliphatic heterocycles. The molecule has 5 aromatic rings. The van der Waals surface area contributed by atoms with Crippen molar-refractivity contribution in [1.29, 1.82) is 0 Å². The molecular weight excluding hydrogens is 416 g/mol. The van der Waals surface area contributed by atoms with Gasteiger partial charge in [-0.05, 0) is 59.5 Å². The maximum atomic E-state index is 8.53. The Labute approximate surface area is 211 Å². The fourth-order valence-electron chi connectivity index (χ4n) is 4.58. The maximum absolute atomic E-state index is 8.53. The summed E-state index contributed by atoms with van der Waals surface area (Å²) in [5.74, 6) is -2.32. The lowest BCUT2D eigenvalue weighted by molar-refractivity contribution is -0.660. The second-order valence-corrected chi connectivity index (χ2v) is 9.37. The van der Waals surface area contributed by atoms with Crippen LogP contribution in [0.2, 0.25) is 0 Å². The lowest BCUT2D eigenvalue weighted by Crippen LogP contribution is -2.30. The summed E-state index contributed by atoms with van der Waals surface area (Å²) in [7, 11) is 1.96. The first kappa shape index (κ1) is 15.4. The van der Waals surface area contributed by atoms with Gasteiger partial charge < -0.3 is 4.42 Å². The standard InChI is InChI=1S/C31H33N2O/c1-19(2)17-22-8-10-23(11-9-22)24-15-16-33(6)28(18-24)29-21(5)7-12-25-26-13-14-27(20(3)4)32-31(26)34-30(25)29/h7-16,18-20H,17H2,1-6H3/q+1/i3D3,4D3,20D. The van der Waals surface area contributed by atoms with Crippen LogP contribution in [0, 0.1) is 12.8 Å². The lowest BCUT2D eigenvalue weighted by Gasteiger charge is -2.09. The molecular formula is C31H33N2O+. The van der Waals surface area contributed by atoms with E-state index in [0.29, 0.717) is 16.9 Å². The molecule has 0 saturated heterocycles. The quantitative estimate of drug-likeness (QED) is 0.253. The number of benzene rings is 2. The summed E-state index contributed by atoms with van der Waals surface area (Å²) in [6, 6.07) is 19.6. The number of furan rings is 1. The smallest absolute Gasteiger partial charge is 0.227 e. The van der Waals surface area contributed by atoms with Crippen LogP contribution in [0.1, 0.15) is 59.9 Å². The number of rotatable bonds is 5. The van der Waals surface area contributed by atoms with Crippen molar-refractivity contribution in [2.45, 2.75) is 46.8 Å². The molecule has 0 aliphatic rings. The summed E-state index contributed by atoms with van der Waals surface area (Å²) < 4.78 is 63.8. The Morgan fingerprint density at radius 2 is 1.74 bits per heavy atom. The molecule has 0 N–H and O–H groups in total. The first-order valence-corrected chi connectivity index (χ1v) is 11.5. The van der Waals surface area contributed by atoms with Crippen LogP contribution < -0.4 is 4.57 Å². The molecule has 172 valence electrons. The molecule has 0 bridgehead atoms. The van der Waals surface area contributed by atoms with Crippen molar-refractivity contribution in [3.05, 3.63) is 83.7 Å². The maximum Gasteiger partial charge on any atom is 0.227 e. The van der Waals surface area contributed by atoms with Gasteiger partial charge in [-0.15, -0.1) is 0 Å². The van der Waals surface area contributed by atoms with Gasteiger partial charge in [-0.2, -0.15) is 0 Å². The van der Waals surface area contributed by atoms with Crippen LogP contribution in [-0.4, -0.2) is 4.98 Å². The average Bonchev–Trinajstić information content (AvgIpc) is 3.25. The van der Waals surface area contributed by atoms with E-state index in [1.54, 1.807) is 6.07 Å². The first-order valence-electron chi connectivity index (χ1n) is 15.0. The number of fused-ring (bicyclic) bond motifs is 3. The Kier molecular flexibility index (Phi) is 3.96. The summed E-state index contributed by atoms with van der Waals surface area (Å²) >= 11 is 0. The minimum atomic E-state index is -3.13. The molecule has 3 heterocycles. The zero-order valence-corrected chi connectivity index (χ0v) is 19.9. The van der Waals surface area contributed by atoms with Gasteiger partial charge in [-0.1, -0.05) is 63.9 Å². The van der Waals surface area contributed by atoms with E-state index in [1.165, 1.54) is 11.6 Å². The van der Waals surface area contributed by atoms with Crippen LogP contribution in [0.25, 0.3) is 44.5 Å². The van der Waals surface area contributed by atoms with Gasteiger partial charge in [0, 0.05) is 38.2 Å². The topological polar surface area (TPSA) is 29.9 Å². The van der Waals surface area contributed by atoms with Crippen LogP contribution in [0.4, 0.5) is 0 Å². The van der Waals surface area contributed by atoms with E-state index in [0.717, 1.165) is 39.8 Å². The highest BCUT2D eigenvalue weighted by atomic mass is 16.3. The molecule has 0 aliphatic carbocycles. The zero-order valence-electron chi connectivity index (χ0n) is 26.9. The molecule has 3 aromatic heterocycles. The Bertz CT molecular complexity index is 1740. The second-order valence-electron chi connectivity index (χ2n) is 9.37. The Morgan fingerprint density at radius 3 is 2.47 bits per heavy atom. The third-order valence-corrected chi connectivity index (χ3v) is 6.31. The van der Waals surface area contributed by atoms with Gasteiger partial charge in [0.15, 0.2) is 11.8 Å². The van der Waals surface area contributed by atoms with E-state index in [9.17, 15) is 0 Å². The van der Waals surface area contributed by atoms with Crippen LogP contribution in [0.3, 0.4) is 0 Å². The van der Waals surface area contributed by atoms with Crippen molar-refractivity contribution in [3.63, 3.8) is 0 Å².